The molecule has 1 saturated carbocycles. The van der Waals surface area contributed by atoms with Gasteiger partial charge in [-0.25, -0.2) is 0 Å². The van der Waals surface area contributed by atoms with Crippen LogP contribution in [0.4, 0.5) is 0 Å². The van der Waals surface area contributed by atoms with Crippen LogP contribution in [0.25, 0.3) is 0 Å². The van der Waals surface area contributed by atoms with Gasteiger partial charge in [-0.2, -0.15) is 0 Å². The molecular weight excluding hydrogens is 238 g/mol. The van der Waals surface area contributed by atoms with Gasteiger partial charge in [-0.05, 0) is 18.9 Å². The van der Waals surface area contributed by atoms with Gasteiger partial charge >= 0.3 is 0 Å². The molecule has 1 spiro atoms. The molecule has 2 aliphatic heterocycles. The van der Waals surface area contributed by atoms with E-state index in [2.05, 4.69) is 35.0 Å². The summed E-state index contributed by atoms with van der Waals surface area (Å²) in [6.07, 6.45) is 2.46. The van der Waals surface area contributed by atoms with Crippen LogP contribution in [0, 0.1) is 5.92 Å². The molecule has 1 aromatic carbocycles. The van der Waals surface area contributed by atoms with E-state index in [-0.39, 0.29) is 5.54 Å². The topological polar surface area (TPSA) is 50.9 Å². The molecule has 3 aliphatic rings. The molecule has 0 amide bonds. The normalized spacial score (nSPS) is 33.0. The minimum absolute atomic E-state index is 0.0832. The van der Waals surface area contributed by atoms with Crippen molar-refractivity contribution < 1.29 is 4.74 Å². The van der Waals surface area contributed by atoms with Crippen LogP contribution in [-0.2, 0) is 5.54 Å². The fraction of sp³-hybridized carbons (Fsp3) is 0.533. The highest BCUT2D eigenvalue weighted by Crippen LogP contribution is 2.50. The van der Waals surface area contributed by atoms with E-state index >= 15 is 0 Å². The van der Waals surface area contributed by atoms with Crippen molar-refractivity contribution in [3.63, 3.8) is 0 Å². The summed E-state index contributed by atoms with van der Waals surface area (Å²) >= 11 is 0. The molecule has 0 radical (unpaired) electrons. The summed E-state index contributed by atoms with van der Waals surface area (Å²) in [5, 5.41) is 0. The second-order valence-electron chi connectivity index (χ2n) is 5.91. The van der Waals surface area contributed by atoms with Gasteiger partial charge in [0, 0.05) is 17.5 Å². The lowest BCUT2D eigenvalue weighted by Gasteiger charge is -2.47. The van der Waals surface area contributed by atoms with Gasteiger partial charge in [-0.3, -0.25) is 4.99 Å². The maximum absolute atomic E-state index is 6.18. The smallest absolute Gasteiger partial charge is 0.192 e. The number of fused-ring (bicyclic) bond motifs is 2. The second-order valence-corrected chi connectivity index (χ2v) is 5.91. The Labute approximate surface area is 113 Å². The van der Waals surface area contributed by atoms with Gasteiger partial charge in [0.05, 0.1) is 18.7 Å². The number of rotatable bonds is 1. The number of nitrogens with two attached hydrogens (primary N) is 1. The van der Waals surface area contributed by atoms with Crippen LogP contribution in [0.2, 0.25) is 0 Å². The van der Waals surface area contributed by atoms with E-state index in [9.17, 15) is 0 Å². The molecule has 2 unspecified atom stereocenters. The predicted molar refractivity (Wildman–Crippen MR) is 74.1 cm³/mol. The number of aliphatic imine (C=N–C) groups is 1. The number of guanidine groups is 1. The summed E-state index contributed by atoms with van der Waals surface area (Å²) in [5.74, 6) is 2.11. The summed E-state index contributed by atoms with van der Waals surface area (Å²) in [6.45, 7) is 3.75. The number of nitrogens with zero attached hydrogens (tertiary/aromatic N) is 2. The highest BCUT2D eigenvalue weighted by atomic mass is 16.5. The predicted octanol–water partition coefficient (Wildman–Crippen LogP) is 1.70. The van der Waals surface area contributed by atoms with Crippen molar-refractivity contribution in [2.75, 3.05) is 13.2 Å². The quantitative estimate of drug-likeness (QED) is 0.833. The Hall–Kier alpha value is -1.71. The van der Waals surface area contributed by atoms with Gasteiger partial charge in [0.1, 0.15) is 5.75 Å². The van der Waals surface area contributed by atoms with E-state index in [1.165, 1.54) is 18.4 Å². The summed E-state index contributed by atoms with van der Waals surface area (Å²) < 4.78 is 5.89. The first-order chi connectivity index (χ1) is 9.23. The molecule has 1 fully saturated rings. The van der Waals surface area contributed by atoms with E-state index in [0.717, 1.165) is 18.9 Å². The zero-order chi connectivity index (χ0) is 13.0. The second kappa shape index (κ2) is 3.65. The van der Waals surface area contributed by atoms with Crippen molar-refractivity contribution in [3.8, 4) is 5.75 Å². The third-order valence-corrected chi connectivity index (χ3v) is 4.73. The zero-order valence-electron chi connectivity index (χ0n) is 11.2. The Kier molecular flexibility index (Phi) is 2.14. The van der Waals surface area contributed by atoms with Crippen LogP contribution in [0.3, 0.4) is 0 Å². The van der Waals surface area contributed by atoms with Gasteiger partial charge in [0.25, 0.3) is 0 Å². The lowest BCUT2D eigenvalue weighted by Crippen LogP contribution is -2.57. The number of hydrogen-bond donors (Lipinski definition) is 1. The third kappa shape index (κ3) is 1.37. The minimum atomic E-state index is -0.0832. The highest BCUT2D eigenvalue weighted by Gasteiger charge is 2.55. The summed E-state index contributed by atoms with van der Waals surface area (Å²) in [5.41, 5.74) is 7.35. The highest BCUT2D eigenvalue weighted by molar-refractivity contribution is 5.82. The lowest BCUT2D eigenvalue weighted by molar-refractivity contribution is 0.0554. The molecule has 0 bridgehead atoms. The minimum Gasteiger partial charge on any atom is -0.493 e. The van der Waals surface area contributed by atoms with Crippen molar-refractivity contribution in [1.29, 1.82) is 0 Å². The van der Waals surface area contributed by atoms with E-state index in [1.54, 1.807) is 0 Å². The summed E-state index contributed by atoms with van der Waals surface area (Å²) in [4.78, 5) is 6.94. The van der Waals surface area contributed by atoms with Crippen molar-refractivity contribution in [2.45, 2.75) is 31.3 Å². The van der Waals surface area contributed by atoms with Crippen LogP contribution in [0.15, 0.2) is 29.3 Å². The fourth-order valence-corrected chi connectivity index (χ4v) is 3.58. The average molecular weight is 257 g/mol. The zero-order valence-corrected chi connectivity index (χ0v) is 11.2. The molecule has 2 heterocycles. The molecular formula is C15H19N3O. The fourth-order valence-electron chi connectivity index (χ4n) is 3.58. The van der Waals surface area contributed by atoms with E-state index in [4.69, 9.17) is 10.5 Å². The maximum Gasteiger partial charge on any atom is 0.192 e. The van der Waals surface area contributed by atoms with E-state index in [1.807, 2.05) is 6.07 Å². The van der Waals surface area contributed by atoms with Crippen molar-refractivity contribution in [3.05, 3.63) is 29.8 Å². The first-order valence-electron chi connectivity index (χ1n) is 7.05. The Morgan fingerprint density at radius 1 is 1.37 bits per heavy atom. The van der Waals surface area contributed by atoms with Gasteiger partial charge in [-0.1, -0.05) is 25.1 Å². The van der Waals surface area contributed by atoms with Crippen LogP contribution < -0.4 is 10.5 Å². The van der Waals surface area contributed by atoms with Crippen LogP contribution in [0.5, 0.6) is 5.75 Å². The molecule has 0 saturated heterocycles. The van der Waals surface area contributed by atoms with Crippen LogP contribution in [0.1, 0.15) is 25.3 Å². The Morgan fingerprint density at radius 3 is 2.95 bits per heavy atom. The molecule has 4 rings (SSSR count). The maximum atomic E-state index is 6.18. The van der Waals surface area contributed by atoms with Crippen LogP contribution in [-0.4, -0.2) is 30.1 Å². The number of benzene rings is 1. The molecule has 4 heteroatoms. The largest absolute Gasteiger partial charge is 0.493 e. The average Bonchev–Trinajstić information content (AvgIpc) is 3.20. The molecule has 1 aromatic rings. The monoisotopic (exact) mass is 257 g/mol. The number of hydrogen-bond acceptors (Lipinski definition) is 4. The first-order valence-corrected chi connectivity index (χ1v) is 7.05. The van der Waals surface area contributed by atoms with Gasteiger partial charge in [-0.15, -0.1) is 0 Å². The van der Waals surface area contributed by atoms with Gasteiger partial charge < -0.3 is 15.4 Å². The molecule has 1 aliphatic carbocycles. The van der Waals surface area contributed by atoms with E-state index < -0.39 is 0 Å². The van der Waals surface area contributed by atoms with Crippen LogP contribution >= 0.6 is 0 Å². The van der Waals surface area contributed by atoms with E-state index in [0.29, 0.717) is 17.9 Å². The standard InChI is InChI=1S/C15H19N3O/c1-10-8-19-13-5-3-2-4-12(13)15(10)9-17-14(16)18(15)11-6-7-11/h2-5,10-11H,6-9H2,1H3,(H2,16,17). The van der Waals surface area contributed by atoms with Gasteiger partial charge in [0.2, 0.25) is 0 Å². The lowest BCUT2D eigenvalue weighted by atomic mass is 9.76. The van der Waals surface area contributed by atoms with Crippen molar-refractivity contribution in [2.24, 2.45) is 16.6 Å². The SMILES string of the molecule is CC1COc2ccccc2C12CN=C(N)N2C1CC1. The van der Waals surface area contributed by atoms with Crippen molar-refractivity contribution >= 4 is 5.96 Å². The summed E-state index contributed by atoms with van der Waals surface area (Å²) in [6, 6.07) is 8.92. The third-order valence-electron chi connectivity index (χ3n) is 4.73. The number of para-hydroxylation sites is 1. The molecule has 100 valence electrons. The molecule has 2 atom stereocenters. The number of ether oxygens (including phenoxy) is 1. The molecule has 2 N–H and O–H groups in total. The molecule has 4 nitrogen and oxygen atoms in total. The Bertz CT molecular complexity index is 552. The summed E-state index contributed by atoms with van der Waals surface area (Å²) in [7, 11) is 0. The molecule has 19 heavy (non-hydrogen) atoms. The first kappa shape index (κ1) is 11.1. The van der Waals surface area contributed by atoms with Gasteiger partial charge in [0.15, 0.2) is 5.96 Å². The molecule has 0 aromatic heterocycles. The Morgan fingerprint density at radius 2 is 2.16 bits per heavy atom. The Balaban J connectivity index is 1.89. The van der Waals surface area contributed by atoms with Crippen molar-refractivity contribution in [1.82, 2.24) is 4.90 Å².